The molecular weight excluding hydrogens is 284 g/mol. The van der Waals surface area contributed by atoms with Crippen LogP contribution in [0.15, 0.2) is 12.5 Å². The number of H-pyrrole nitrogens is 1. The molecule has 4 atom stereocenters. The van der Waals surface area contributed by atoms with Gasteiger partial charge in [-0.2, -0.15) is 0 Å². The molecule has 2 aromatic heterocycles. The number of aromatic nitrogens is 4. The molecule has 0 aliphatic carbocycles. The highest BCUT2D eigenvalue weighted by molar-refractivity contribution is 7.71. The van der Waals surface area contributed by atoms with Crippen molar-refractivity contribution in [1.82, 2.24) is 19.5 Å². The van der Waals surface area contributed by atoms with Crippen LogP contribution in [0.4, 0.5) is 0 Å². The Kier molecular flexibility index (Phi) is 3.52. The number of nitrogens with one attached hydrogen (secondary N) is 1. The first kappa shape index (κ1) is 13.6. The fourth-order valence-corrected chi connectivity index (χ4v) is 2.82. The second kappa shape index (κ2) is 5.19. The van der Waals surface area contributed by atoms with E-state index in [2.05, 4.69) is 15.0 Å². The molecule has 1 aliphatic heterocycles. The molecule has 0 amide bonds. The minimum atomic E-state index is -0.969. The summed E-state index contributed by atoms with van der Waals surface area (Å²) in [6, 6.07) is 0. The third-order valence-corrected chi connectivity index (χ3v) is 3.82. The summed E-state index contributed by atoms with van der Waals surface area (Å²) < 4.78 is 7.56. The van der Waals surface area contributed by atoms with Gasteiger partial charge in [-0.3, -0.25) is 4.57 Å². The third-order valence-electron chi connectivity index (χ3n) is 3.53. The van der Waals surface area contributed by atoms with Gasteiger partial charge in [0.25, 0.3) is 0 Å². The first-order valence-electron chi connectivity index (χ1n) is 6.12. The van der Waals surface area contributed by atoms with Gasteiger partial charge < -0.3 is 25.0 Å². The van der Waals surface area contributed by atoms with Crippen LogP contribution in [0.3, 0.4) is 0 Å². The minimum Gasteiger partial charge on any atom is -0.396 e. The van der Waals surface area contributed by atoms with E-state index in [9.17, 15) is 15.3 Å². The maximum absolute atomic E-state index is 10.0. The smallest absolute Gasteiger partial charge is 0.181 e. The van der Waals surface area contributed by atoms with Crippen LogP contribution in [-0.4, -0.2) is 60.3 Å². The number of fused-ring (bicyclic) bond motifs is 1. The molecule has 108 valence electrons. The number of aliphatic hydroxyl groups is 3. The van der Waals surface area contributed by atoms with Crippen molar-refractivity contribution in [3.8, 4) is 0 Å². The van der Waals surface area contributed by atoms with Crippen molar-refractivity contribution in [2.24, 2.45) is 5.92 Å². The Bertz CT molecular complexity index is 672. The highest BCUT2D eigenvalue weighted by Crippen LogP contribution is 2.36. The average molecular weight is 298 g/mol. The number of aliphatic hydroxyl groups excluding tert-OH is 3. The zero-order valence-electron chi connectivity index (χ0n) is 10.4. The van der Waals surface area contributed by atoms with Crippen LogP contribution in [0, 0.1) is 10.7 Å². The summed E-state index contributed by atoms with van der Waals surface area (Å²) in [5, 5.41) is 28.7. The molecule has 3 heterocycles. The van der Waals surface area contributed by atoms with Crippen LogP contribution in [0.5, 0.6) is 0 Å². The molecule has 0 bridgehead atoms. The second-order valence-electron chi connectivity index (χ2n) is 4.64. The van der Waals surface area contributed by atoms with E-state index < -0.39 is 24.4 Å². The third kappa shape index (κ3) is 1.95. The highest BCUT2D eigenvalue weighted by Gasteiger charge is 2.44. The standard InChI is InChI=1S/C11H14N4O4S/c16-2-5-8(18)7(3-17)19-10(5)15-9-6(14-11(15)20)1-12-4-13-9/h1,4-5,7-8,10,16-18H,2-3H2,(H,14,20)/t5-,7-,8+,10-/m1/s1. The summed E-state index contributed by atoms with van der Waals surface area (Å²) in [4.78, 5) is 11.0. The topological polar surface area (TPSA) is 116 Å². The summed E-state index contributed by atoms with van der Waals surface area (Å²) in [5.41, 5.74) is 1.17. The van der Waals surface area contributed by atoms with E-state index in [0.29, 0.717) is 15.9 Å². The first-order valence-corrected chi connectivity index (χ1v) is 6.53. The fraction of sp³-hybridized carbons (Fsp3) is 0.545. The average Bonchev–Trinajstić information content (AvgIpc) is 2.94. The summed E-state index contributed by atoms with van der Waals surface area (Å²) in [6.07, 6.45) is 0.541. The molecule has 0 aromatic carbocycles. The second-order valence-corrected chi connectivity index (χ2v) is 5.03. The molecular formula is C11H14N4O4S. The molecule has 3 rings (SSSR count). The van der Waals surface area contributed by atoms with Crippen LogP contribution in [-0.2, 0) is 4.74 Å². The molecule has 0 spiro atoms. The van der Waals surface area contributed by atoms with Gasteiger partial charge in [-0.25, -0.2) is 9.97 Å². The lowest BCUT2D eigenvalue weighted by Gasteiger charge is -2.19. The van der Waals surface area contributed by atoms with Crippen molar-refractivity contribution in [3.63, 3.8) is 0 Å². The Morgan fingerprint density at radius 3 is 2.90 bits per heavy atom. The Morgan fingerprint density at radius 2 is 2.20 bits per heavy atom. The fourth-order valence-electron chi connectivity index (χ4n) is 2.52. The van der Waals surface area contributed by atoms with E-state index in [1.54, 1.807) is 10.8 Å². The number of hydrogen-bond donors (Lipinski definition) is 4. The van der Waals surface area contributed by atoms with Crippen molar-refractivity contribution >= 4 is 23.4 Å². The van der Waals surface area contributed by atoms with Crippen LogP contribution < -0.4 is 0 Å². The van der Waals surface area contributed by atoms with Gasteiger partial charge in [0, 0.05) is 0 Å². The predicted molar refractivity (Wildman–Crippen MR) is 70.3 cm³/mol. The van der Waals surface area contributed by atoms with E-state index in [0.717, 1.165) is 0 Å². The van der Waals surface area contributed by atoms with Crippen molar-refractivity contribution in [1.29, 1.82) is 0 Å². The Morgan fingerprint density at radius 1 is 1.40 bits per heavy atom. The van der Waals surface area contributed by atoms with E-state index in [1.807, 2.05) is 0 Å². The number of rotatable bonds is 3. The van der Waals surface area contributed by atoms with E-state index in [1.165, 1.54) is 6.33 Å². The molecule has 4 N–H and O–H groups in total. The van der Waals surface area contributed by atoms with Crippen molar-refractivity contribution in [3.05, 3.63) is 17.3 Å². The Labute approximate surface area is 118 Å². The Balaban J connectivity index is 2.11. The summed E-state index contributed by atoms with van der Waals surface area (Å²) in [5.74, 6) is -0.590. The van der Waals surface area contributed by atoms with Crippen LogP contribution >= 0.6 is 12.2 Å². The zero-order valence-corrected chi connectivity index (χ0v) is 11.2. The van der Waals surface area contributed by atoms with Gasteiger partial charge in [0.2, 0.25) is 0 Å². The van der Waals surface area contributed by atoms with E-state index >= 15 is 0 Å². The number of ether oxygens (including phenoxy) is 1. The molecule has 1 aliphatic rings. The molecule has 0 saturated carbocycles. The largest absolute Gasteiger partial charge is 0.396 e. The summed E-state index contributed by atoms with van der Waals surface area (Å²) in [6.45, 7) is -0.624. The molecule has 9 heteroatoms. The van der Waals surface area contributed by atoms with Gasteiger partial charge in [0.05, 0.1) is 31.4 Å². The van der Waals surface area contributed by atoms with Gasteiger partial charge in [-0.05, 0) is 12.2 Å². The molecule has 1 saturated heterocycles. The van der Waals surface area contributed by atoms with Crippen molar-refractivity contribution in [2.45, 2.75) is 18.4 Å². The lowest BCUT2D eigenvalue weighted by atomic mass is 10.0. The van der Waals surface area contributed by atoms with Gasteiger partial charge in [0.1, 0.15) is 24.2 Å². The van der Waals surface area contributed by atoms with Crippen LogP contribution in [0.2, 0.25) is 0 Å². The SMILES string of the molecule is OC[C@@H]1[C@H](O)[C@@H](CO)O[C@H]1n1c(=S)[nH]c2cncnc21. The maximum Gasteiger partial charge on any atom is 0.181 e. The summed E-state index contributed by atoms with van der Waals surface area (Å²) in [7, 11) is 0. The van der Waals surface area contributed by atoms with Crippen molar-refractivity contribution < 1.29 is 20.1 Å². The molecule has 8 nitrogen and oxygen atoms in total. The minimum absolute atomic E-state index is 0.290. The first-order chi connectivity index (χ1) is 9.67. The van der Waals surface area contributed by atoms with Gasteiger partial charge in [-0.15, -0.1) is 0 Å². The van der Waals surface area contributed by atoms with Crippen LogP contribution in [0.25, 0.3) is 11.2 Å². The van der Waals surface area contributed by atoms with Gasteiger partial charge in [0.15, 0.2) is 10.4 Å². The molecule has 20 heavy (non-hydrogen) atoms. The van der Waals surface area contributed by atoms with Gasteiger partial charge in [-0.1, -0.05) is 0 Å². The highest BCUT2D eigenvalue weighted by atomic mass is 32.1. The van der Waals surface area contributed by atoms with Gasteiger partial charge >= 0.3 is 0 Å². The molecule has 0 unspecified atom stereocenters. The van der Waals surface area contributed by atoms with E-state index in [-0.39, 0.29) is 13.2 Å². The molecule has 0 radical (unpaired) electrons. The monoisotopic (exact) mass is 298 g/mol. The zero-order chi connectivity index (χ0) is 14.3. The van der Waals surface area contributed by atoms with Crippen LogP contribution in [0.1, 0.15) is 6.23 Å². The number of imidazole rings is 1. The summed E-state index contributed by atoms with van der Waals surface area (Å²) >= 11 is 5.24. The molecule has 2 aromatic rings. The Hall–Kier alpha value is -1.39. The lowest BCUT2D eigenvalue weighted by Crippen LogP contribution is -2.31. The van der Waals surface area contributed by atoms with E-state index in [4.69, 9.17) is 17.0 Å². The number of aromatic amines is 1. The quantitative estimate of drug-likeness (QED) is 0.556. The lowest BCUT2D eigenvalue weighted by molar-refractivity contribution is -0.0468. The maximum atomic E-state index is 10.0. The number of hydrogen-bond acceptors (Lipinski definition) is 7. The number of nitrogens with zero attached hydrogens (tertiary/aromatic N) is 3. The normalized spacial score (nSPS) is 30.1. The predicted octanol–water partition coefficient (Wildman–Crippen LogP) is -0.652. The molecule has 1 fully saturated rings. The van der Waals surface area contributed by atoms with Crippen molar-refractivity contribution in [2.75, 3.05) is 13.2 Å².